The summed E-state index contributed by atoms with van der Waals surface area (Å²) in [7, 11) is 0. The summed E-state index contributed by atoms with van der Waals surface area (Å²) in [5.41, 5.74) is 2.27. The van der Waals surface area contributed by atoms with Gasteiger partial charge in [-0.3, -0.25) is 0 Å². The molecule has 3 aromatic rings. The van der Waals surface area contributed by atoms with Crippen LogP contribution >= 0.6 is 0 Å². The van der Waals surface area contributed by atoms with Crippen LogP contribution in [0.25, 0.3) is 0 Å². The van der Waals surface area contributed by atoms with E-state index in [1.54, 1.807) is 0 Å². The molecule has 0 fully saturated rings. The minimum Gasteiger partial charge on any atom is -0.494 e. The van der Waals surface area contributed by atoms with Crippen LogP contribution in [0.2, 0.25) is 0 Å². The summed E-state index contributed by atoms with van der Waals surface area (Å²) in [6.45, 7) is 6.95. The Bertz CT molecular complexity index is 846. The van der Waals surface area contributed by atoms with Gasteiger partial charge in [-0.2, -0.15) is 0 Å². The van der Waals surface area contributed by atoms with Crippen molar-refractivity contribution in [3.63, 3.8) is 0 Å². The van der Waals surface area contributed by atoms with Crippen molar-refractivity contribution in [2.45, 2.75) is 26.8 Å². The monoisotopic (exact) mass is 405 g/mol. The predicted molar refractivity (Wildman–Crippen MR) is 123 cm³/mol. The van der Waals surface area contributed by atoms with E-state index in [9.17, 15) is 0 Å². The summed E-state index contributed by atoms with van der Waals surface area (Å²) < 4.78 is 17.1. The molecule has 0 spiro atoms. The zero-order valence-electron chi connectivity index (χ0n) is 17.8. The highest BCUT2D eigenvalue weighted by Gasteiger charge is 2.00. The second-order valence-corrected chi connectivity index (χ2v) is 7.56. The van der Waals surface area contributed by atoms with Crippen LogP contribution < -0.4 is 19.5 Å². The first-order valence-corrected chi connectivity index (χ1v) is 10.6. The summed E-state index contributed by atoms with van der Waals surface area (Å²) in [5, 5.41) is 3.44. The van der Waals surface area contributed by atoms with E-state index in [2.05, 4.69) is 43.4 Å². The van der Waals surface area contributed by atoms with Crippen molar-refractivity contribution in [2.75, 3.05) is 25.1 Å². The van der Waals surface area contributed by atoms with Crippen LogP contribution in [0.3, 0.4) is 0 Å². The van der Waals surface area contributed by atoms with Crippen molar-refractivity contribution in [2.24, 2.45) is 5.92 Å². The van der Waals surface area contributed by atoms with E-state index in [0.29, 0.717) is 19.1 Å². The van der Waals surface area contributed by atoms with E-state index in [1.807, 2.05) is 54.6 Å². The number of benzene rings is 3. The minimum atomic E-state index is 0.512. The van der Waals surface area contributed by atoms with Gasteiger partial charge in [0.1, 0.15) is 30.5 Å². The molecule has 0 aliphatic carbocycles. The molecule has 3 aromatic carbocycles. The molecule has 0 saturated heterocycles. The standard InChI is InChI=1S/C26H31NO3/c1-21(2)16-17-28-26-14-10-23(11-15-26)27-20-22-8-12-25(13-9-22)30-19-18-29-24-6-4-3-5-7-24/h3-15,21,27H,16-20H2,1-2H3. The summed E-state index contributed by atoms with van der Waals surface area (Å²) >= 11 is 0. The molecule has 0 bridgehead atoms. The van der Waals surface area contributed by atoms with Crippen LogP contribution in [0.5, 0.6) is 17.2 Å². The summed E-state index contributed by atoms with van der Waals surface area (Å²) in [4.78, 5) is 0. The van der Waals surface area contributed by atoms with Crippen LogP contribution in [-0.4, -0.2) is 19.8 Å². The van der Waals surface area contributed by atoms with Gasteiger partial charge in [0.25, 0.3) is 0 Å². The number of hydrogen-bond acceptors (Lipinski definition) is 4. The molecular formula is C26H31NO3. The van der Waals surface area contributed by atoms with E-state index in [0.717, 1.165) is 42.5 Å². The van der Waals surface area contributed by atoms with Gasteiger partial charge in [-0.05, 0) is 66.4 Å². The third-order valence-electron chi connectivity index (χ3n) is 4.60. The van der Waals surface area contributed by atoms with Gasteiger partial charge in [-0.1, -0.05) is 44.2 Å². The number of hydrogen-bond donors (Lipinski definition) is 1. The maximum Gasteiger partial charge on any atom is 0.122 e. The highest BCUT2D eigenvalue weighted by Crippen LogP contribution is 2.18. The summed E-state index contributed by atoms with van der Waals surface area (Å²) in [6.07, 6.45) is 1.07. The van der Waals surface area contributed by atoms with Gasteiger partial charge in [0, 0.05) is 12.2 Å². The lowest BCUT2D eigenvalue weighted by molar-refractivity contribution is 0.217. The molecule has 0 aromatic heterocycles. The van der Waals surface area contributed by atoms with Crippen molar-refractivity contribution < 1.29 is 14.2 Å². The Morgan fingerprint density at radius 2 is 1.17 bits per heavy atom. The molecule has 0 atom stereocenters. The van der Waals surface area contributed by atoms with Crippen LogP contribution in [-0.2, 0) is 6.54 Å². The first-order valence-electron chi connectivity index (χ1n) is 10.6. The van der Waals surface area contributed by atoms with E-state index >= 15 is 0 Å². The number of anilines is 1. The normalized spacial score (nSPS) is 10.6. The van der Waals surface area contributed by atoms with Crippen molar-refractivity contribution in [3.05, 3.63) is 84.4 Å². The Morgan fingerprint density at radius 3 is 1.77 bits per heavy atom. The van der Waals surface area contributed by atoms with E-state index in [1.165, 1.54) is 5.56 Å². The average Bonchev–Trinajstić information content (AvgIpc) is 2.77. The Hall–Kier alpha value is -3.14. The Labute approximate surface area is 179 Å². The van der Waals surface area contributed by atoms with Crippen molar-refractivity contribution in [1.29, 1.82) is 0 Å². The molecule has 1 N–H and O–H groups in total. The molecule has 0 saturated carbocycles. The first-order chi connectivity index (χ1) is 14.7. The zero-order chi connectivity index (χ0) is 21.0. The SMILES string of the molecule is CC(C)CCOc1ccc(NCc2ccc(OCCOc3ccccc3)cc2)cc1. The number of para-hydroxylation sites is 1. The molecule has 0 aliphatic rings. The van der Waals surface area contributed by atoms with Gasteiger partial charge >= 0.3 is 0 Å². The Kier molecular flexibility index (Phi) is 8.46. The zero-order valence-corrected chi connectivity index (χ0v) is 17.8. The second kappa shape index (κ2) is 11.8. The van der Waals surface area contributed by atoms with Gasteiger partial charge in [0.2, 0.25) is 0 Å². The van der Waals surface area contributed by atoms with Crippen LogP contribution in [0.1, 0.15) is 25.8 Å². The topological polar surface area (TPSA) is 39.7 Å². The van der Waals surface area contributed by atoms with Crippen molar-refractivity contribution in [1.82, 2.24) is 0 Å². The average molecular weight is 406 g/mol. The molecular weight excluding hydrogens is 374 g/mol. The Balaban J connectivity index is 1.36. The van der Waals surface area contributed by atoms with E-state index in [-0.39, 0.29) is 0 Å². The van der Waals surface area contributed by atoms with Gasteiger partial charge in [0.15, 0.2) is 0 Å². The van der Waals surface area contributed by atoms with Crippen LogP contribution in [0.15, 0.2) is 78.9 Å². The van der Waals surface area contributed by atoms with Gasteiger partial charge in [-0.15, -0.1) is 0 Å². The first kappa shape index (κ1) is 21.6. The molecule has 158 valence electrons. The molecule has 3 rings (SSSR count). The van der Waals surface area contributed by atoms with Crippen molar-refractivity contribution >= 4 is 5.69 Å². The molecule has 0 unspecified atom stereocenters. The fraction of sp³-hybridized carbons (Fsp3) is 0.308. The van der Waals surface area contributed by atoms with E-state index in [4.69, 9.17) is 14.2 Å². The maximum absolute atomic E-state index is 5.76. The minimum absolute atomic E-state index is 0.512. The maximum atomic E-state index is 5.76. The molecule has 30 heavy (non-hydrogen) atoms. The molecule has 0 amide bonds. The van der Waals surface area contributed by atoms with Crippen molar-refractivity contribution in [3.8, 4) is 17.2 Å². The molecule has 4 nitrogen and oxygen atoms in total. The predicted octanol–water partition coefficient (Wildman–Crippen LogP) is 6.18. The smallest absolute Gasteiger partial charge is 0.122 e. The van der Waals surface area contributed by atoms with Gasteiger partial charge in [0.05, 0.1) is 6.61 Å². The fourth-order valence-electron chi connectivity index (χ4n) is 2.82. The number of rotatable bonds is 12. The Morgan fingerprint density at radius 1 is 0.633 bits per heavy atom. The second-order valence-electron chi connectivity index (χ2n) is 7.56. The van der Waals surface area contributed by atoms with Crippen LogP contribution in [0.4, 0.5) is 5.69 Å². The fourth-order valence-corrected chi connectivity index (χ4v) is 2.82. The lowest BCUT2D eigenvalue weighted by Crippen LogP contribution is -2.09. The highest BCUT2D eigenvalue weighted by molar-refractivity contribution is 5.47. The van der Waals surface area contributed by atoms with Gasteiger partial charge < -0.3 is 19.5 Å². The van der Waals surface area contributed by atoms with Gasteiger partial charge in [-0.25, -0.2) is 0 Å². The molecule has 0 radical (unpaired) electrons. The highest BCUT2D eigenvalue weighted by atomic mass is 16.5. The third kappa shape index (κ3) is 7.70. The van der Waals surface area contributed by atoms with E-state index < -0.39 is 0 Å². The molecule has 4 heteroatoms. The largest absolute Gasteiger partial charge is 0.494 e. The lowest BCUT2D eigenvalue weighted by Gasteiger charge is -2.11. The molecule has 0 heterocycles. The summed E-state index contributed by atoms with van der Waals surface area (Å²) in [6, 6.07) is 26.0. The summed E-state index contributed by atoms with van der Waals surface area (Å²) in [5.74, 6) is 3.28. The lowest BCUT2D eigenvalue weighted by atomic mass is 10.1. The molecule has 0 aliphatic heterocycles. The number of ether oxygens (including phenoxy) is 3. The van der Waals surface area contributed by atoms with Crippen LogP contribution in [0, 0.1) is 5.92 Å². The number of nitrogens with one attached hydrogen (secondary N) is 1. The quantitative estimate of drug-likeness (QED) is 0.365. The third-order valence-corrected chi connectivity index (χ3v) is 4.60.